The fourth-order valence-electron chi connectivity index (χ4n) is 0.525. The zero-order chi connectivity index (χ0) is 8.27. The van der Waals surface area contributed by atoms with E-state index in [-0.39, 0.29) is 11.1 Å². The van der Waals surface area contributed by atoms with E-state index >= 15 is 0 Å². The Balaban J connectivity index is 2.90. The zero-order valence-electron chi connectivity index (χ0n) is 5.42. The second-order valence-electron chi connectivity index (χ2n) is 1.78. The number of Topliss-reactive ketones (excluding diaryl/α,β-unsaturated/α-hetero) is 1. The van der Waals surface area contributed by atoms with Crippen molar-refractivity contribution in [1.29, 1.82) is 0 Å². The Morgan fingerprint density at radius 1 is 1.45 bits per heavy atom. The first kappa shape index (κ1) is 8.80. The van der Waals surface area contributed by atoms with Gasteiger partial charge in [-0.3, -0.25) is 4.79 Å². The van der Waals surface area contributed by atoms with Gasteiger partial charge in [-0.2, -0.15) is 0 Å². The highest BCUT2D eigenvalue weighted by Gasteiger charge is 2.04. The van der Waals surface area contributed by atoms with Gasteiger partial charge in [-0.25, -0.2) is 9.97 Å². The summed E-state index contributed by atoms with van der Waals surface area (Å²) >= 11 is 6.16. The molecule has 0 spiro atoms. The molecule has 1 heterocycles. The number of alkyl halides is 1. The minimum absolute atomic E-state index is 0.0648. The molecule has 5 heteroatoms. The molecule has 0 aliphatic heterocycles. The average molecular weight is 280 g/mol. The van der Waals surface area contributed by atoms with E-state index in [1.807, 2.05) is 0 Å². The number of hydrogen-bond donors (Lipinski definition) is 0. The van der Waals surface area contributed by atoms with Gasteiger partial charge in [-0.05, 0) is 15.9 Å². The van der Waals surface area contributed by atoms with Crippen LogP contribution in [0.1, 0.15) is 10.5 Å². The van der Waals surface area contributed by atoms with Crippen molar-refractivity contribution in [3.8, 4) is 0 Å². The molecule has 1 aromatic rings. The molecule has 0 N–H and O–H groups in total. The van der Waals surface area contributed by atoms with Crippen LogP contribution in [0.2, 0.25) is 0 Å². The summed E-state index contributed by atoms with van der Waals surface area (Å²) in [7, 11) is 0. The van der Waals surface area contributed by atoms with Gasteiger partial charge in [0.25, 0.3) is 0 Å². The van der Waals surface area contributed by atoms with Crippen LogP contribution in [0.25, 0.3) is 0 Å². The number of carbonyl (C=O) groups excluding carboxylic acids is 1. The van der Waals surface area contributed by atoms with E-state index in [9.17, 15) is 4.79 Å². The third kappa shape index (κ3) is 2.34. The molecule has 0 aliphatic rings. The maximum Gasteiger partial charge on any atom is 0.193 e. The Bertz CT molecular complexity index is 260. The van der Waals surface area contributed by atoms with Crippen LogP contribution in [0.5, 0.6) is 0 Å². The Morgan fingerprint density at radius 2 is 2.18 bits per heavy atom. The predicted molar refractivity (Wildman–Crippen MR) is 47.9 cm³/mol. The molecule has 0 atom stereocenters. The summed E-state index contributed by atoms with van der Waals surface area (Å²) in [6.07, 6.45) is 2.93. The fraction of sp³-hybridized carbons (Fsp3) is 0.167. The van der Waals surface area contributed by atoms with Gasteiger partial charge in [-0.1, -0.05) is 15.9 Å². The molecule has 0 aliphatic carbocycles. The van der Waals surface area contributed by atoms with Crippen LogP contribution in [0.4, 0.5) is 0 Å². The molecule has 3 nitrogen and oxygen atoms in total. The molecule has 11 heavy (non-hydrogen) atoms. The van der Waals surface area contributed by atoms with Gasteiger partial charge in [0.05, 0.1) is 17.7 Å². The Labute approximate surface area is 80.5 Å². The van der Waals surface area contributed by atoms with Crippen molar-refractivity contribution >= 4 is 37.6 Å². The smallest absolute Gasteiger partial charge is 0.193 e. The van der Waals surface area contributed by atoms with Crippen LogP contribution in [0.3, 0.4) is 0 Å². The third-order valence-corrected chi connectivity index (χ3v) is 1.95. The lowest BCUT2D eigenvalue weighted by Gasteiger charge is -1.93. The van der Waals surface area contributed by atoms with E-state index in [1.54, 1.807) is 0 Å². The van der Waals surface area contributed by atoms with Gasteiger partial charge in [0.15, 0.2) is 5.78 Å². The Kier molecular flexibility index (Phi) is 3.14. The van der Waals surface area contributed by atoms with Gasteiger partial charge >= 0.3 is 0 Å². The van der Waals surface area contributed by atoms with Gasteiger partial charge in [0.1, 0.15) is 10.3 Å². The normalized spacial score (nSPS) is 9.64. The first-order valence-corrected chi connectivity index (χ1v) is 4.72. The molecular weight excluding hydrogens is 276 g/mol. The van der Waals surface area contributed by atoms with Gasteiger partial charge in [0, 0.05) is 0 Å². The van der Waals surface area contributed by atoms with Crippen LogP contribution >= 0.6 is 31.9 Å². The topological polar surface area (TPSA) is 42.9 Å². The fourth-order valence-corrected chi connectivity index (χ4v) is 1.02. The van der Waals surface area contributed by atoms with Crippen LogP contribution < -0.4 is 0 Å². The molecule has 58 valence electrons. The largest absolute Gasteiger partial charge is 0.291 e. The average Bonchev–Trinajstić information content (AvgIpc) is 2.05. The van der Waals surface area contributed by atoms with Crippen molar-refractivity contribution in [2.45, 2.75) is 0 Å². The molecule has 1 aromatic heterocycles. The van der Waals surface area contributed by atoms with Crippen molar-refractivity contribution in [1.82, 2.24) is 9.97 Å². The van der Waals surface area contributed by atoms with Crippen LogP contribution in [0, 0.1) is 0 Å². The van der Waals surface area contributed by atoms with E-state index in [0.29, 0.717) is 10.3 Å². The number of halogens is 2. The zero-order valence-corrected chi connectivity index (χ0v) is 8.59. The third-order valence-electron chi connectivity index (χ3n) is 1.03. The molecule has 0 saturated heterocycles. The summed E-state index contributed by atoms with van der Waals surface area (Å²) in [5, 5.41) is 0.281. The molecule has 0 fully saturated rings. The number of aromatic nitrogens is 2. The molecule has 0 bridgehead atoms. The quantitative estimate of drug-likeness (QED) is 0.613. The monoisotopic (exact) mass is 278 g/mol. The van der Waals surface area contributed by atoms with Crippen LogP contribution in [0.15, 0.2) is 17.0 Å². The lowest BCUT2D eigenvalue weighted by atomic mass is 10.3. The number of rotatable bonds is 2. The minimum Gasteiger partial charge on any atom is -0.291 e. The molecule has 0 saturated carbocycles. The maximum atomic E-state index is 11.0. The van der Waals surface area contributed by atoms with Gasteiger partial charge in [-0.15, -0.1) is 0 Å². The minimum atomic E-state index is -0.0648. The summed E-state index contributed by atoms with van der Waals surface area (Å²) < 4.78 is 0.628. The number of carbonyl (C=O) groups is 1. The standard InChI is InChI=1S/C6H4Br2N2O/c7-1-5(11)4-2-10-6(8)3-9-4/h2-3H,1H2. The lowest BCUT2D eigenvalue weighted by Crippen LogP contribution is -2.03. The molecule has 1 rings (SSSR count). The summed E-state index contributed by atoms with van der Waals surface area (Å²) in [6.45, 7) is 0. The Morgan fingerprint density at radius 3 is 2.64 bits per heavy atom. The number of hydrogen-bond acceptors (Lipinski definition) is 3. The number of ketones is 1. The molecule has 0 radical (unpaired) electrons. The molecule has 0 unspecified atom stereocenters. The molecule has 0 aromatic carbocycles. The van der Waals surface area contributed by atoms with Crippen molar-refractivity contribution in [2.24, 2.45) is 0 Å². The van der Waals surface area contributed by atoms with Gasteiger partial charge < -0.3 is 0 Å². The lowest BCUT2D eigenvalue weighted by molar-refractivity contribution is 0.101. The van der Waals surface area contributed by atoms with Crippen molar-refractivity contribution in [3.63, 3.8) is 0 Å². The second-order valence-corrected chi connectivity index (χ2v) is 3.15. The predicted octanol–water partition coefficient (Wildman–Crippen LogP) is 1.82. The van der Waals surface area contributed by atoms with Crippen LogP contribution in [-0.2, 0) is 0 Å². The van der Waals surface area contributed by atoms with E-state index in [2.05, 4.69) is 41.8 Å². The summed E-state index contributed by atoms with van der Waals surface area (Å²) in [4.78, 5) is 18.7. The van der Waals surface area contributed by atoms with Crippen molar-refractivity contribution in [2.75, 3.05) is 5.33 Å². The first-order chi connectivity index (χ1) is 5.24. The maximum absolute atomic E-state index is 11.0. The molecule has 0 amide bonds. The molecular formula is C6H4Br2N2O. The summed E-state index contributed by atoms with van der Waals surface area (Å²) in [5.41, 5.74) is 0.380. The van der Waals surface area contributed by atoms with E-state index in [4.69, 9.17) is 0 Å². The summed E-state index contributed by atoms with van der Waals surface area (Å²) in [5.74, 6) is -0.0648. The van der Waals surface area contributed by atoms with Gasteiger partial charge in [0.2, 0.25) is 0 Å². The summed E-state index contributed by atoms with van der Waals surface area (Å²) in [6, 6.07) is 0. The van der Waals surface area contributed by atoms with Crippen molar-refractivity contribution < 1.29 is 4.79 Å². The van der Waals surface area contributed by atoms with Crippen LogP contribution in [-0.4, -0.2) is 21.1 Å². The SMILES string of the molecule is O=C(CBr)c1cnc(Br)cn1. The van der Waals surface area contributed by atoms with Crippen molar-refractivity contribution in [3.05, 3.63) is 22.7 Å². The van der Waals surface area contributed by atoms with E-state index in [0.717, 1.165) is 0 Å². The first-order valence-electron chi connectivity index (χ1n) is 2.80. The highest BCUT2D eigenvalue weighted by molar-refractivity contribution is 9.10. The Hall–Kier alpha value is -0.290. The highest BCUT2D eigenvalue weighted by atomic mass is 79.9. The second kappa shape index (κ2) is 3.92. The highest BCUT2D eigenvalue weighted by Crippen LogP contribution is 2.03. The number of nitrogens with zero attached hydrogens (tertiary/aromatic N) is 2. The van der Waals surface area contributed by atoms with E-state index < -0.39 is 0 Å². The van der Waals surface area contributed by atoms with E-state index in [1.165, 1.54) is 12.4 Å².